The number of carbonyl (C=O) groups excluding carboxylic acids is 4. The van der Waals surface area contributed by atoms with Gasteiger partial charge in [-0.05, 0) is 90.8 Å². The van der Waals surface area contributed by atoms with Gasteiger partial charge in [0.15, 0.2) is 55.9 Å². The number of aliphatic hydroxyl groups is 13. The molecule has 5 aliphatic heterocycles. The average Bonchev–Trinajstić information content (AvgIpc) is 0.673. The number of aliphatic hydroxyl groups excluding tert-OH is 13. The van der Waals surface area contributed by atoms with Gasteiger partial charge in [0.1, 0.15) is 98.2 Å². The number of ether oxygens (including phenoxy) is 14. The summed E-state index contributed by atoms with van der Waals surface area (Å²) in [6, 6.07) is 0. The van der Waals surface area contributed by atoms with E-state index in [1.165, 1.54) is 5.57 Å². The third-order valence-corrected chi connectivity index (χ3v) is 24.7. The topological polar surface area (TPSA) is 498 Å². The van der Waals surface area contributed by atoms with Crippen LogP contribution in [0.3, 0.4) is 0 Å². The Morgan fingerprint density at radius 2 is 1.06 bits per heavy atom. The number of allylic oxidation sites excluding steroid dienone is 2. The largest absolute Gasteiger partial charge is 0.479 e. The average molecular weight is 1440 g/mol. The fourth-order valence-electron chi connectivity index (χ4n) is 19.0. The molecule has 570 valence electrons. The van der Waals surface area contributed by atoms with E-state index in [0.29, 0.717) is 44.9 Å². The molecule has 4 saturated carbocycles. The summed E-state index contributed by atoms with van der Waals surface area (Å²) in [7, 11) is 0. The molecule has 5 aliphatic carbocycles. The van der Waals surface area contributed by atoms with E-state index in [1.807, 2.05) is 20.8 Å². The summed E-state index contributed by atoms with van der Waals surface area (Å²) in [5.74, 6) is -5.61. The van der Waals surface area contributed by atoms with Gasteiger partial charge >= 0.3 is 29.8 Å². The van der Waals surface area contributed by atoms with Crippen molar-refractivity contribution in [3.63, 3.8) is 0 Å². The van der Waals surface area contributed by atoms with E-state index < -0.39 is 261 Å². The van der Waals surface area contributed by atoms with Gasteiger partial charge in [-0.3, -0.25) is 19.2 Å². The smallest absolute Gasteiger partial charge is 0.335 e. The molecule has 33 heteroatoms. The minimum absolute atomic E-state index is 0.0184. The first-order chi connectivity index (χ1) is 46.8. The van der Waals surface area contributed by atoms with Gasteiger partial charge in [-0.25, -0.2) is 4.79 Å². The van der Waals surface area contributed by atoms with Crippen LogP contribution in [0.1, 0.15) is 128 Å². The van der Waals surface area contributed by atoms with E-state index in [0.717, 1.165) is 27.7 Å². The number of rotatable bonds is 19. The first-order valence-corrected chi connectivity index (χ1v) is 34.5. The lowest BCUT2D eigenvalue weighted by molar-refractivity contribution is -0.397. The second-order valence-corrected chi connectivity index (χ2v) is 31.2. The molecule has 0 bridgehead atoms. The predicted octanol–water partition coefficient (Wildman–Crippen LogP) is -2.78. The fraction of sp³-hybridized carbons (Fsp3) is 0.896. The molecular weight excluding hydrogens is 1330 g/mol. The summed E-state index contributed by atoms with van der Waals surface area (Å²) >= 11 is 0. The normalized spacial score (nSPS) is 50.0. The number of fused-ring (bicyclic) bond motifs is 7. The van der Waals surface area contributed by atoms with E-state index in [1.54, 1.807) is 0 Å². The molecule has 100 heavy (non-hydrogen) atoms. The van der Waals surface area contributed by atoms with Gasteiger partial charge in [0.05, 0.1) is 44.7 Å². The number of hydrogen-bond acceptors (Lipinski definition) is 32. The molecule has 0 amide bonds. The number of aliphatic carboxylic acids is 1. The quantitative estimate of drug-likeness (QED) is 0.0269. The van der Waals surface area contributed by atoms with Gasteiger partial charge in [-0.1, -0.05) is 60.1 Å². The van der Waals surface area contributed by atoms with Crippen LogP contribution in [-0.2, 0) is 90.3 Å². The Morgan fingerprint density at radius 3 is 1.66 bits per heavy atom. The third kappa shape index (κ3) is 14.1. The highest BCUT2D eigenvalue weighted by Gasteiger charge is 2.71. The first-order valence-electron chi connectivity index (χ1n) is 34.5. The van der Waals surface area contributed by atoms with Gasteiger partial charge < -0.3 is 138 Å². The molecule has 0 radical (unpaired) electrons. The number of esters is 4. The third-order valence-electron chi connectivity index (χ3n) is 24.7. The first kappa shape index (κ1) is 78.8. The Hall–Kier alpha value is -3.83. The molecule has 14 N–H and O–H groups in total. The minimum Gasteiger partial charge on any atom is -0.479 e. The highest BCUT2D eigenvalue weighted by atomic mass is 16.8. The summed E-state index contributed by atoms with van der Waals surface area (Å²) in [5.41, 5.74) is -2.96. The number of carboxylic acids is 1. The van der Waals surface area contributed by atoms with Crippen molar-refractivity contribution in [2.75, 3.05) is 33.0 Å². The van der Waals surface area contributed by atoms with Crippen LogP contribution in [0.4, 0.5) is 0 Å². The standard InChI is InChI=1S/C67H104O33/c1-26(71)87-24-35-48(89-27(2)72)52(90-28(3)73)53(91-29(4)74)61(94-35)96-47-32(75)23-88-57(46(47)83)100-55-54(84)62(5,6)20-31-30-12-13-37-64(8)16-15-38(65(9,25-70)36(64)14-17-67(37,11)66(30,10)19-18-63(31,55)7)95-60-51(44(81)43(80)49(97-60)56(85)86)99-59-50(42(79)40(77)34(22-69)93-59)98-58-45(82)41(78)39(76)33(21-68)92-58/h12,31-55,57-61,68-70,75-84H,13-25H2,1-11H3,(H,85,86)/t31-,32-,33+,34+,35+,36+,37+,38-,39+,40-,41-,42-,43-,44-,45+,46+,47-,48+,49-,50+,51+,52-,53+,54-,55+,57-,58-,59-,60+,61-,63+,64-,65-,66+,67+/m0/s1. The van der Waals surface area contributed by atoms with Crippen molar-refractivity contribution in [2.24, 2.45) is 50.2 Å². The van der Waals surface area contributed by atoms with Crippen molar-refractivity contribution in [2.45, 2.75) is 293 Å². The van der Waals surface area contributed by atoms with Crippen molar-refractivity contribution in [3.05, 3.63) is 11.6 Å². The zero-order valence-electron chi connectivity index (χ0n) is 58.1. The molecule has 0 aromatic heterocycles. The second-order valence-electron chi connectivity index (χ2n) is 31.2. The summed E-state index contributed by atoms with van der Waals surface area (Å²) < 4.78 is 83.5. The van der Waals surface area contributed by atoms with Crippen molar-refractivity contribution in [1.29, 1.82) is 0 Å². The Balaban J connectivity index is 0.893. The lowest BCUT2D eigenvalue weighted by Gasteiger charge is -2.72. The molecule has 0 aromatic rings. The molecule has 0 spiro atoms. The molecule has 35 atom stereocenters. The number of hydrogen-bond donors (Lipinski definition) is 14. The molecule has 33 nitrogen and oxygen atoms in total. The van der Waals surface area contributed by atoms with Crippen molar-refractivity contribution in [3.8, 4) is 0 Å². The molecular formula is C67H104O33. The fourth-order valence-corrected chi connectivity index (χ4v) is 19.0. The molecule has 9 fully saturated rings. The molecule has 10 rings (SSSR count). The number of carbonyl (C=O) groups is 5. The molecule has 5 saturated heterocycles. The molecule has 0 aromatic carbocycles. The number of carboxylic acid groups (broad SMARTS) is 1. The maximum atomic E-state index is 12.7. The highest BCUT2D eigenvalue weighted by molar-refractivity contribution is 5.73. The van der Waals surface area contributed by atoms with Crippen molar-refractivity contribution >= 4 is 29.8 Å². The van der Waals surface area contributed by atoms with Crippen LogP contribution in [-0.4, -0.2) is 300 Å². The summed E-state index contributed by atoms with van der Waals surface area (Å²) in [4.78, 5) is 62.5. The lowest BCUT2D eigenvalue weighted by atomic mass is 9.33. The molecule has 0 unspecified atom stereocenters. The van der Waals surface area contributed by atoms with E-state index in [9.17, 15) is 95.5 Å². The van der Waals surface area contributed by atoms with Crippen LogP contribution in [0.5, 0.6) is 0 Å². The maximum absolute atomic E-state index is 12.7. The maximum Gasteiger partial charge on any atom is 0.335 e. The second kappa shape index (κ2) is 29.8. The van der Waals surface area contributed by atoms with Gasteiger partial charge in [-0.2, -0.15) is 0 Å². The van der Waals surface area contributed by atoms with Crippen LogP contribution in [0.25, 0.3) is 0 Å². The van der Waals surface area contributed by atoms with Crippen LogP contribution in [0.2, 0.25) is 0 Å². The summed E-state index contributed by atoms with van der Waals surface area (Å²) in [6.07, 6.45) is -40.3. The van der Waals surface area contributed by atoms with E-state index in [2.05, 4.69) is 33.8 Å². The van der Waals surface area contributed by atoms with Crippen LogP contribution < -0.4 is 0 Å². The molecule has 10 aliphatic rings. The van der Waals surface area contributed by atoms with Gasteiger partial charge in [0, 0.05) is 38.5 Å². The van der Waals surface area contributed by atoms with Crippen LogP contribution in [0, 0.1) is 50.2 Å². The Kier molecular flexibility index (Phi) is 23.5. The van der Waals surface area contributed by atoms with Crippen LogP contribution >= 0.6 is 0 Å². The zero-order chi connectivity index (χ0) is 73.6. The lowest BCUT2D eigenvalue weighted by Crippen LogP contribution is -2.69. The van der Waals surface area contributed by atoms with Crippen LogP contribution in [0.15, 0.2) is 11.6 Å². The zero-order valence-corrected chi connectivity index (χ0v) is 58.1. The summed E-state index contributed by atoms with van der Waals surface area (Å²) in [5, 5.41) is 156. The van der Waals surface area contributed by atoms with E-state index in [4.69, 9.17) is 66.3 Å². The predicted molar refractivity (Wildman–Crippen MR) is 331 cm³/mol. The Morgan fingerprint density at radius 1 is 0.510 bits per heavy atom. The van der Waals surface area contributed by atoms with E-state index >= 15 is 0 Å². The Bertz CT molecular complexity index is 2950. The highest BCUT2D eigenvalue weighted by Crippen LogP contribution is 2.76. The SMILES string of the molecule is CC(=O)OC[C@H]1O[C@@H](O[C@@H]2[C@@H](O)[C@H](O[C@@H]3[C@H](O)C(C)(C)C[C@H]4C5=CC[C@@H]6[C@@]7(C)CC[C@H](O[C@@H]8O[C@H](C(=O)O)[C@@H](O)[C@H](O)[C@H]8O[C@@H]8O[C@H](CO)[C@H](O)[C@H](O)[C@H]8O[C@@H]8O[C@H](CO)[C@@H](O)[C@H](O)[C@H]8O)[C@@](C)(CO)[C@@H]7CC[C@@]6(C)[C@]5(C)CC[C@@]34C)OC[C@@H]2O)[C@H](OC(C)=O)[C@@H](OC(C)=O)[C@@H]1OC(C)=O. The van der Waals surface area contributed by atoms with Gasteiger partial charge in [-0.15, -0.1) is 0 Å². The Labute approximate surface area is 578 Å². The van der Waals surface area contributed by atoms with Gasteiger partial charge in [0.25, 0.3) is 0 Å². The van der Waals surface area contributed by atoms with E-state index in [-0.39, 0.29) is 24.2 Å². The summed E-state index contributed by atoms with van der Waals surface area (Å²) in [6.45, 7) is 15.7. The monoisotopic (exact) mass is 1440 g/mol. The minimum atomic E-state index is -2.19. The molecule has 5 heterocycles. The van der Waals surface area contributed by atoms with Crippen molar-refractivity contribution < 1.29 is 162 Å². The van der Waals surface area contributed by atoms with Gasteiger partial charge in [0.2, 0.25) is 0 Å². The van der Waals surface area contributed by atoms with Crippen molar-refractivity contribution in [1.82, 2.24) is 0 Å².